The second kappa shape index (κ2) is 6.97. The number of hydrogen-bond acceptors (Lipinski definition) is 2. The van der Waals surface area contributed by atoms with Crippen LogP contribution in [0.2, 0.25) is 0 Å². The molecule has 0 aliphatic heterocycles. The zero-order chi connectivity index (χ0) is 12.0. The van der Waals surface area contributed by atoms with Crippen molar-refractivity contribution in [3.63, 3.8) is 0 Å². The van der Waals surface area contributed by atoms with Crippen LogP contribution in [0.25, 0.3) is 0 Å². The molecule has 0 bridgehead atoms. The first-order chi connectivity index (χ1) is 7.61. The van der Waals surface area contributed by atoms with E-state index in [1.54, 1.807) is 11.8 Å². The van der Waals surface area contributed by atoms with Crippen molar-refractivity contribution in [2.75, 3.05) is 0 Å². The zero-order valence-electron chi connectivity index (χ0n) is 9.61. The molecular formula is C12H17BrN2S. The SMILES string of the molecule is CC[C@@H](C)N=C(N)SCc1ccc(Br)cc1. The molecule has 2 N–H and O–H groups in total. The monoisotopic (exact) mass is 300 g/mol. The van der Waals surface area contributed by atoms with Gasteiger partial charge in [0.2, 0.25) is 0 Å². The highest BCUT2D eigenvalue weighted by Gasteiger charge is 1.99. The Balaban J connectivity index is 2.45. The third-order valence-corrected chi connectivity index (χ3v) is 3.65. The van der Waals surface area contributed by atoms with Gasteiger partial charge in [-0.1, -0.05) is 46.7 Å². The molecule has 0 amide bonds. The number of rotatable bonds is 4. The fourth-order valence-electron chi connectivity index (χ4n) is 1.08. The first kappa shape index (κ1) is 13.6. The fraction of sp³-hybridized carbons (Fsp3) is 0.417. The van der Waals surface area contributed by atoms with E-state index in [0.717, 1.165) is 16.6 Å². The summed E-state index contributed by atoms with van der Waals surface area (Å²) in [6.07, 6.45) is 1.03. The normalized spacial score (nSPS) is 13.8. The van der Waals surface area contributed by atoms with E-state index in [4.69, 9.17) is 5.73 Å². The van der Waals surface area contributed by atoms with Crippen LogP contribution in [0.5, 0.6) is 0 Å². The molecule has 16 heavy (non-hydrogen) atoms. The van der Waals surface area contributed by atoms with Gasteiger partial charge in [-0.15, -0.1) is 0 Å². The molecule has 0 heterocycles. The lowest BCUT2D eigenvalue weighted by Gasteiger charge is -2.05. The van der Waals surface area contributed by atoms with Crippen LogP contribution in [-0.2, 0) is 5.75 Å². The Morgan fingerprint density at radius 1 is 1.44 bits per heavy atom. The number of benzene rings is 1. The summed E-state index contributed by atoms with van der Waals surface area (Å²) in [6, 6.07) is 8.58. The maximum atomic E-state index is 5.83. The van der Waals surface area contributed by atoms with Crippen LogP contribution in [0.3, 0.4) is 0 Å². The number of thioether (sulfide) groups is 1. The van der Waals surface area contributed by atoms with Crippen LogP contribution in [0.15, 0.2) is 33.7 Å². The lowest BCUT2D eigenvalue weighted by atomic mass is 10.2. The minimum absolute atomic E-state index is 0.317. The van der Waals surface area contributed by atoms with Crippen LogP contribution in [0, 0.1) is 0 Å². The van der Waals surface area contributed by atoms with Gasteiger partial charge in [0.05, 0.1) is 0 Å². The molecule has 0 aliphatic rings. The van der Waals surface area contributed by atoms with E-state index in [9.17, 15) is 0 Å². The van der Waals surface area contributed by atoms with E-state index in [-0.39, 0.29) is 0 Å². The predicted molar refractivity (Wildman–Crippen MR) is 76.8 cm³/mol. The average Bonchev–Trinajstić information content (AvgIpc) is 2.28. The topological polar surface area (TPSA) is 38.4 Å². The Kier molecular flexibility index (Phi) is 5.91. The third-order valence-electron chi connectivity index (χ3n) is 2.24. The van der Waals surface area contributed by atoms with Crippen molar-refractivity contribution in [1.29, 1.82) is 0 Å². The van der Waals surface area contributed by atoms with Crippen LogP contribution in [-0.4, -0.2) is 11.2 Å². The zero-order valence-corrected chi connectivity index (χ0v) is 12.0. The van der Waals surface area contributed by atoms with Crippen LogP contribution in [0.1, 0.15) is 25.8 Å². The van der Waals surface area contributed by atoms with Crippen molar-refractivity contribution in [3.05, 3.63) is 34.3 Å². The number of amidine groups is 1. The van der Waals surface area contributed by atoms with Gasteiger partial charge in [-0.05, 0) is 31.0 Å². The Bertz CT molecular complexity index is 349. The Labute approximate surface area is 110 Å². The smallest absolute Gasteiger partial charge is 0.154 e. The van der Waals surface area contributed by atoms with Gasteiger partial charge in [0.25, 0.3) is 0 Å². The standard InChI is InChI=1S/C12H17BrN2S/c1-3-9(2)15-12(14)16-8-10-4-6-11(13)7-5-10/h4-7,9H,3,8H2,1-2H3,(H2,14,15)/t9-/m1/s1. The lowest BCUT2D eigenvalue weighted by molar-refractivity contribution is 0.718. The molecular weight excluding hydrogens is 284 g/mol. The molecule has 1 aromatic carbocycles. The van der Waals surface area contributed by atoms with Gasteiger partial charge in [-0.2, -0.15) is 0 Å². The van der Waals surface area contributed by atoms with Crippen molar-refractivity contribution in [3.8, 4) is 0 Å². The molecule has 0 saturated heterocycles. The van der Waals surface area contributed by atoms with Gasteiger partial charge >= 0.3 is 0 Å². The van der Waals surface area contributed by atoms with Gasteiger partial charge in [-0.25, -0.2) is 0 Å². The van der Waals surface area contributed by atoms with Gasteiger partial charge < -0.3 is 5.73 Å². The van der Waals surface area contributed by atoms with E-state index in [0.29, 0.717) is 11.2 Å². The summed E-state index contributed by atoms with van der Waals surface area (Å²) < 4.78 is 1.10. The van der Waals surface area contributed by atoms with E-state index < -0.39 is 0 Å². The minimum atomic E-state index is 0.317. The van der Waals surface area contributed by atoms with E-state index in [2.05, 4.69) is 46.9 Å². The highest BCUT2D eigenvalue weighted by Crippen LogP contribution is 2.16. The summed E-state index contributed by atoms with van der Waals surface area (Å²) in [4.78, 5) is 4.38. The van der Waals surface area contributed by atoms with E-state index >= 15 is 0 Å². The van der Waals surface area contributed by atoms with Crippen molar-refractivity contribution in [2.24, 2.45) is 10.7 Å². The highest BCUT2D eigenvalue weighted by atomic mass is 79.9. The molecule has 0 unspecified atom stereocenters. The first-order valence-electron chi connectivity index (χ1n) is 5.32. The fourth-order valence-corrected chi connectivity index (χ4v) is 2.11. The molecule has 0 aromatic heterocycles. The highest BCUT2D eigenvalue weighted by molar-refractivity contribution is 9.10. The number of aliphatic imine (C=N–C) groups is 1. The van der Waals surface area contributed by atoms with Crippen LogP contribution in [0.4, 0.5) is 0 Å². The largest absolute Gasteiger partial charge is 0.379 e. The maximum Gasteiger partial charge on any atom is 0.154 e. The molecule has 0 radical (unpaired) electrons. The number of nitrogens with two attached hydrogens (primary N) is 1. The Morgan fingerprint density at radius 2 is 2.06 bits per heavy atom. The average molecular weight is 301 g/mol. The Morgan fingerprint density at radius 3 is 2.62 bits per heavy atom. The van der Waals surface area contributed by atoms with Gasteiger partial charge in [0, 0.05) is 16.3 Å². The lowest BCUT2D eigenvalue weighted by Crippen LogP contribution is -2.11. The first-order valence-corrected chi connectivity index (χ1v) is 7.10. The molecule has 2 nitrogen and oxygen atoms in total. The number of hydrogen-bond donors (Lipinski definition) is 1. The molecule has 0 spiro atoms. The summed E-state index contributed by atoms with van der Waals surface area (Å²) in [5.41, 5.74) is 7.09. The van der Waals surface area contributed by atoms with Gasteiger partial charge in [0.1, 0.15) is 0 Å². The second-order valence-corrected chi connectivity index (χ2v) is 5.55. The molecule has 0 saturated carbocycles. The molecule has 4 heteroatoms. The molecule has 0 aliphatic carbocycles. The van der Waals surface area contributed by atoms with Crippen molar-refractivity contribution in [2.45, 2.75) is 32.1 Å². The minimum Gasteiger partial charge on any atom is -0.379 e. The summed E-state index contributed by atoms with van der Waals surface area (Å²) in [7, 11) is 0. The molecule has 1 atom stereocenters. The molecule has 1 rings (SSSR count). The predicted octanol–water partition coefficient (Wildman–Crippen LogP) is 3.80. The van der Waals surface area contributed by atoms with Crippen molar-refractivity contribution >= 4 is 32.9 Å². The summed E-state index contributed by atoms with van der Waals surface area (Å²) in [6.45, 7) is 4.19. The van der Waals surface area contributed by atoms with Crippen molar-refractivity contribution < 1.29 is 0 Å². The van der Waals surface area contributed by atoms with Gasteiger partial charge in [0.15, 0.2) is 5.17 Å². The molecule has 88 valence electrons. The molecule has 0 fully saturated rings. The van der Waals surface area contributed by atoms with Crippen LogP contribution < -0.4 is 5.73 Å². The Hall–Kier alpha value is -0.480. The van der Waals surface area contributed by atoms with E-state index in [1.165, 1.54) is 5.56 Å². The maximum absolute atomic E-state index is 5.83. The second-order valence-electron chi connectivity index (χ2n) is 3.64. The summed E-state index contributed by atoms with van der Waals surface area (Å²) in [5, 5.41) is 0.678. The van der Waals surface area contributed by atoms with E-state index in [1.807, 2.05) is 12.1 Å². The van der Waals surface area contributed by atoms with Gasteiger partial charge in [-0.3, -0.25) is 4.99 Å². The number of halogens is 1. The van der Waals surface area contributed by atoms with Crippen molar-refractivity contribution in [1.82, 2.24) is 0 Å². The number of nitrogens with zero attached hydrogens (tertiary/aromatic N) is 1. The third kappa shape index (κ3) is 5.03. The quantitative estimate of drug-likeness (QED) is 0.678. The molecule has 1 aromatic rings. The van der Waals surface area contributed by atoms with Crippen LogP contribution >= 0.6 is 27.7 Å². The summed E-state index contributed by atoms with van der Waals surface area (Å²) >= 11 is 5.00. The summed E-state index contributed by atoms with van der Waals surface area (Å²) in [5.74, 6) is 0.874.